The Kier molecular flexibility index (Phi) is 5.28. The second-order valence-electron chi connectivity index (χ2n) is 6.49. The average Bonchev–Trinajstić information content (AvgIpc) is 2.92. The summed E-state index contributed by atoms with van der Waals surface area (Å²) in [5.74, 6) is 2.18. The van der Waals surface area contributed by atoms with E-state index in [1.54, 1.807) is 0 Å². The second kappa shape index (κ2) is 6.77. The van der Waals surface area contributed by atoms with E-state index in [1.165, 1.54) is 24.8 Å². The quantitative estimate of drug-likeness (QED) is 0.857. The predicted octanol–water partition coefficient (Wildman–Crippen LogP) is 3.85. The van der Waals surface area contributed by atoms with Gasteiger partial charge in [-0.3, -0.25) is 4.90 Å². The highest BCUT2D eigenvalue weighted by Gasteiger charge is 2.29. The largest absolute Gasteiger partial charge is 0.465 e. The number of rotatable bonds is 6. The van der Waals surface area contributed by atoms with Crippen LogP contribution in [0.15, 0.2) is 10.5 Å². The average molecular weight is 278 g/mol. The number of nitrogens with zero attached hydrogens (tertiary/aromatic N) is 1. The van der Waals surface area contributed by atoms with Gasteiger partial charge in [-0.25, -0.2) is 0 Å². The van der Waals surface area contributed by atoms with E-state index in [0.29, 0.717) is 12.1 Å². The molecule has 3 nitrogen and oxygen atoms in total. The lowest BCUT2D eigenvalue weighted by Gasteiger charge is -2.26. The molecule has 2 rings (SSSR count). The molecule has 2 unspecified atom stereocenters. The maximum atomic E-state index is 5.97. The summed E-state index contributed by atoms with van der Waals surface area (Å²) in [6.07, 6.45) is 3.89. The molecule has 1 saturated heterocycles. The highest BCUT2D eigenvalue weighted by molar-refractivity contribution is 5.21. The van der Waals surface area contributed by atoms with Crippen LogP contribution >= 0.6 is 0 Å². The van der Waals surface area contributed by atoms with Crippen molar-refractivity contribution in [2.45, 2.75) is 85.1 Å². The van der Waals surface area contributed by atoms with E-state index >= 15 is 0 Å². The third kappa shape index (κ3) is 3.64. The van der Waals surface area contributed by atoms with E-state index in [1.807, 2.05) is 0 Å². The van der Waals surface area contributed by atoms with E-state index in [4.69, 9.17) is 4.42 Å². The zero-order chi connectivity index (χ0) is 14.7. The van der Waals surface area contributed by atoms with Crippen LogP contribution in [-0.4, -0.2) is 23.0 Å². The molecule has 2 atom stereocenters. The molecule has 1 fully saturated rings. The SMILES string of the molecule is CCC1CCC(C)N1Cc1cc(CNC(C)C)c(C)o1. The first-order valence-electron chi connectivity index (χ1n) is 8.08. The zero-order valence-corrected chi connectivity index (χ0v) is 13.7. The molecule has 0 spiro atoms. The minimum atomic E-state index is 0.510. The fraction of sp³-hybridized carbons (Fsp3) is 0.765. The molecule has 1 aromatic heterocycles. The van der Waals surface area contributed by atoms with Gasteiger partial charge >= 0.3 is 0 Å². The number of nitrogens with one attached hydrogen (secondary N) is 1. The fourth-order valence-corrected chi connectivity index (χ4v) is 3.18. The van der Waals surface area contributed by atoms with Crippen molar-refractivity contribution < 1.29 is 4.42 Å². The van der Waals surface area contributed by atoms with Gasteiger partial charge in [0.05, 0.1) is 6.54 Å². The summed E-state index contributed by atoms with van der Waals surface area (Å²) in [7, 11) is 0. The highest BCUT2D eigenvalue weighted by atomic mass is 16.3. The van der Waals surface area contributed by atoms with Crippen LogP contribution in [0.1, 0.15) is 64.0 Å². The summed E-state index contributed by atoms with van der Waals surface area (Å²) in [6, 6.07) is 4.16. The maximum Gasteiger partial charge on any atom is 0.118 e. The smallest absolute Gasteiger partial charge is 0.118 e. The molecular formula is C17H30N2O. The summed E-state index contributed by atoms with van der Waals surface area (Å²) in [5.41, 5.74) is 1.30. The van der Waals surface area contributed by atoms with E-state index in [9.17, 15) is 0 Å². The van der Waals surface area contributed by atoms with Gasteiger partial charge in [-0.15, -0.1) is 0 Å². The van der Waals surface area contributed by atoms with Crippen LogP contribution in [0, 0.1) is 6.92 Å². The Balaban J connectivity index is 2.01. The molecule has 1 aliphatic heterocycles. The summed E-state index contributed by atoms with van der Waals surface area (Å²) in [4.78, 5) is 2.61. The van der Waals surface area contributed by atoms with Crippen molar-refractivity contribution in [3.8, 4) is 0 Å². The molecule has 1 aliphatic rings. The van der Waals surface area contributed by atoms with Crippen LogP contribution in [0.4, 0.5) is 0 Å². The normalized spacial score (nSPS) is 23.9. The molecule has 0 amide bonds. The van der Waals surface area contributed by atoms with Gasteiger partial charge in [0.2, 0.25) is 0 Å². The molecule has 0 aliphatic carbocycles. The number of aryl methyl sites for hydroxylation is 1. The summed E-state index contributed by atoms with van der Waals surface area (Å²) in [6.45, 7) is 12.9. The second-order valence-corrected chi connectivity index (χ2v) is 6.49. The van der Waals surface area contributed by atoms with Crippen molar-refractivity contribution in [3.63, 3.8) is 0 Å². The van der Waals surface area contributed by atoms with Crippen molar-refractivity contribution in [1.82, 2.24) is 10.2 Å². The number of hydrogen-bond acceptors (Lipinski definition) is 3. The van der Waals surface area contributed by atoms with Crippen molar-refractivity contribution in [1.29, 1.82) is 0 Å². The highest BCUT2D eigenvalue weighted by Crippen LogP contribution is 2.28. The van der Waals surface area contributed by atoms with E-state index in [0.717, 1.165) is 30.7 Å². The molecule has 2 heterocycles. The Labute approximate surface area is 123 Å². The van der Waals surface area contributed by atoms with Crippen LogP contribution in [0.2, 0.25) is 0 Å². The Bertz CT molecular complexity index is 425. The van der Waals surface area contributed by atoms with Gasteiger partial charge in [0, 0.05) is 30.2 Å². The molecule has 114 valence electrons. The topological polar surface area (TPSA) is 28.4 Å². The molecule has 0 bridgehead atoms. The van der Waals surface area contributed by atoms with Gasteiger partial charge in [0.1, 0.15) is 11.5 Å². The van der Waals surface area contributed by atoms with Crippen molar-refractivity contribution >= 4 is 0 Å². The van der Waals surface area contributed by atoms with Gasteiger partial charge in [-0.1, -0.05) is 20.8 Å². The summed E-state index contributed by atoms with van der Waals surface area (Å²) >= 11 is 0. The van der Waals surface area contributed by atoms with Crippen LogP contribution in [0.3, 0.4) is 0 Å². The summed E-state index contributed by atoms with van der Waals surface area (Å²) in [5, 5.41) is 3.46. The monoisotopic (exact) mass is 278 g/mol. The van der Waals surface area contributed by atoms with Gasteiger partial charge in [-0.05, 0) is 39.2 Å². The third-order valence-corrected chi connectivity index (χ3v) is 4.53. The fourth-order valence-electron chi connectivity index (χ4n) is 3.18. The molecule has 1 aromatic rings. The Hall–Kier alpha value is -0.800. The first kappa shape index (κ1) is 15.6. The Morgan fingerprint density at radius 3 is 2.80 bits per heavy atom. The molecule has 1 N–H and O–H groups in total. The zero-order valence-electron chi connectivity index (χ0n) is 13.7. The third-order valence-electron chi connectivity index (χ3n) is 4.53. The van der Waals surface area contributed by atoms with E-state index in [-0.39, 0.29) is 0 Å². The predicted molar refractivity (Wildman–Crippen MR) is 83.7 cm³/mol. The number of furan rings is 1. The molecule has 0 aromatic carbocycles. The maximum absolute atomic E-state index is 5.97. The van der Waals surface area contributed by atoms with Gasteiger partial charge in [0.25, 0.3) is 0 Å². The van der Waals surface area contributed by atoms with E-state index in [2.05, 4.69) is 50.9 Å². The lowest BCUT2D eigenvalue weighted by molar-refractivity contribution is 0.174. The lowest BCUT2D eigenvalue weighted by atomic mass is 10.1. The van der Waals surface area contributed by atoms with Crippen molar-refractivity contribution in [2.75, 3.05) is 0 Å². The van der Waals surface area contributed by atoms with Crippen LogP contribution < -0.4 is 5.32 Å². The van der Waals surface area contributed by atoms with Gasteiger partial charge < -0.3 is 9.73 Å². The van der Waals surface area contributed by atoms with Crippen molar-refractivity contribution in [2.24, 2.45) is 0 Å². The molecular weight excluding hydrogens is 248 g/mol. The Morgan fingerprint density at radius 2 is 2.15 bits per heavy atom. The lowest BCUT2D eigenvalue weighted by Crippen LogP contribution is -2.33. The Morgan fingerprint density at radius 1 is 1.40 bits per heavy atom. The van der Waals surface area contributed by atoms with Crippen LogP contribution in [-0.2, 0) is 13.1 Å². The van der Waals surface area contributed by atoms with Gasteiger partial charge in [0.15, 0.2) is 0 Å². The van der Waals surface area contributed by atoms with Crippen LogP contribution in [0.5, 0.6) is 0 Å². The molecule has 0 radical (unpaired) electrons. The minimum Gasteiger partial charge on any atom is -0.465 e. The molecule has 0 saturated carbocycles. The first-order chi connectivity index (χ1) is 9.51. The van der Waals surface area contributed by atoms with E-state index < -0.39 is 0 Å². The summed E-state index contributed by atoms with van der Waals surface area (Å²) < 4.78 is 5.97. The minimum absolute atomic E-state index is 0.510. The molecule has 20 heavy (non-hydrogen) atoms. The number of likely N-dealkylation sites (tertiary alicyclic amines) is 1. The van der Waals surface area contributed by atoms with Crippen LogP contribution in [0.25, 0.3) is 0 Å². The first-order valence-corrected chi connectivity index (χ1v) is 8.08. The van der Waals surface area contributed by atoms with Gasteiger partial charge in [-0.2, -0.15) is 0 Å². The van der Waals surface area contributed by atoms with Crippen molar-refractivity contribution in [3.05, 3.63) is 23.2 Å². The standard InChI is InChI=1S/C17H30N2O/c1-6-16-8-7-13(4)19(16)11-17-9-15(14(5)20-17)10-18-12(2)3/h9,12-13,16,18H,6-8,10-11H2,1-5H3. The molecule has 3 heteroatoms. The number of hydrogen-bond donors (Lipinski definition) is 1.